The number of hydrogen-bond acceptors (Lipinski definition) is 4. The third-order valence-electron chi connectivity index (χ3n) is 3.09. The van der Waals surface area contributed by atoms with Gasteiger partial charge in [-0.05, 0) is 25.0 Å². The molecule has 18 heavy (non-hydrogen) atoms. The van der Waals surface area contributed by atoms with Crippen LogP contribution in [-0.2, 0) is 6.54 Å². The van der Waals surface area contributed by atoms with Crippen LogP contribution in [0.25, 0.3) is 5.65 Å². The summed E-state index contributed by atoms with van der Waals surface area (Å²) in [4.78, 5) is 11.9. The minimum atomic E-state index is -0.590. The maximum Gasteiger partial charge on any atom is 0.350 e. The Morgan fingerprint density at radius 1 is 1.50 bits per heavy atom. The van der Waals surface area contributed by atoms with Gasteiger partial charge in [0, 0.05) is 18.8 Å². The molecule has 6 nitrogen and oxygen atoms in total. The Balaban J connectivity index is 1.73. The van der Waals surface area contributed by atoms with Gasteiger partial charge in [0.25, 0.3) is 0 Å². The van der Waals surface area contributed by atoms with E-state index in [9.17, 15) is 9.90 Å². The van der Waals surface area contributed by atoms with Crippen LogP contribution in [0, 0.1) is 0 Å². The van der Waals surface area contributed by atoms with E-state index in [2.05, 4.69) is 10.4 Å². The van der Waals surface area contributed by atoms with Crippen LogP contribution in [-0.4, -0.2) is 38.0 Å². The van der Waals surface area contributed by atoms with E-state index in [0.717, 1.165) is 0 Å². The first-order valence-electron chi connectivity index (χ1n) is 6.20. The van der Waals surface area contributed by atoms with Gasteiger partial charge in [-0.3, -0.25) is 4.40 Å². The van der Waals surface area contributed by atoms with E-state index >= 15 is 0 Å². The highest BCUT2D eigenvalue weighted by Crippen LogP contribution is 2.18. The standard InChI is InChI=1S/C12H16N4O2/c17-10(7-13-9-4-5-9)8-16-12(18)15-6-2-1-3-11(15)14-16/h1-3,6,9-10,13,17H,4-5,7-8H2. The minimum Gasteiger partial charge on any atom is -0.390 e. The molecule has 6 heteroatoms. The van der Waals surface area contributed by atoms with Crippen molar-refractivity contribution in [2.45, 2.75) is 31.5 Å². The number of aliphatic hydroxyl groups excluding tert-OH is 1. The van der Waals surface area contributed by atoms with Crippen molar-refractivity contribution < 1.29 is 5.11 Å². The molecule has 0 aromatic carbocycles. The summed E-state index contributed by atoms with van der Waals surface area (Å²) in [7, 11) is 0. The molecular formula is C12H16N4O2. The van der Waals surface area contributed by atoms with Crippen molar-refractivity contribution in [3.8, 4) is 0 Å². The molecule has 0 bridgehead atoms. The van der Waals surface area contributed by atoms with Crippen molar-refractivity contribution in [1.82, 2.24) is 19.5 Å². The number of hydrogen-bond donors (Lipinski definition) is 2. The predicted octanol–water partition coefficient (Wildman–Crippen LogP) is -0.391. The zero-order valence-corrected chi connectivity index (χ0v) is 9.99. The molecule has 0 saturated heterocycles. The Morgan fingerprint density at radius 2 is 2.33 bits per heavy atom. The normalized spacial score (nSPS) is 17.2. The molecule has 0 radical (unpaired) electrons. The van der Waals surface area contributed by atoms with E-state index in [-0.39, 0.29) is 12.2 Å². The number of pyridine rings is 1. The summed E-state index contributed by atoms with van der Waals surface area (Å²) in [5.74, 6) is 0. The van der Waals surface area contributed by atoms with E-state index in [4.69, 9.17) is 0 Å². The van der Waals surface area contributed by atoms with Crippen LogP contribution in [0.15, 0.2) is 29.2 Å². The number of nitrogens with zero attached hydrogens (tertiary/aromatic N) is 3. The Hall–Kier alpha value is -1.66. The molecule has 1 unspecified atom stereocenters. The molecule has 2 N–H and O–H groups in total. The predicted molar refractivity (Wildman–Crippen MR) is 66.5 cm³/mol. The second-order valence-electron chi connectivity index (χ2n) is 4.73. The van der Waals surface area contributed by atoms with E-state index in [1.165, 1.54) is 21.9 Å². The smallest absolute Gasteiger partial charge is 0.350 e. The third kappa shape index (κ3) is 2.30. The van der Waals surface area contributed by atoms with Gasteiger partial charge in [0.1, 0.15) is 0 Å². The van der Waals surface area contributed by atoms with Crippen LogP contribution < -0.4 is 11.0 Å². The van der Waals surface area contributed by atoms with E-state index in [1.807, 2.05) is 6.07 Å². The Kier molecular flexibility index (Phi) is 2.89. The fourth-order valence-corrected chi connectivity index (χ4v) is 1.94. The molecule has 2 aromatic rings. The largest absolute Gasteiger partial charge is 0.390 e. The van der Waals surface area contributed by atoms with E-state index in [1.54, 1.807) is 18.3 Å². The minimum absolute atomic E-state index is 0.212. The average Bonchev–Trinajstić information content (AvgIpc) is 3.15. The number of aliphatic hydroxyl groups is 1. The van der Waals surface area contributed by atoms with Crippen LogP contribution >= 0.6 is 0 Å². The molecule has 3 rings (SSSR count). The van der Waals surface area contributed by atoms with Crippen LogP contribution in [0.5, 0.6) is 0 Å². The van der Waals surface area contributed by atoms with Crippen molar-refractivity contribution in [2.24, 2.45) is 0 Å². The Labute approximate surface area is 104 Å². The summed E-state index contributed by atoms with van der Waals surface area (Å²) < 4.78 is 2.79. The molecule has 2 heterocycles. The Bertz CT molecular complexity index is 599. The highest BCUT2D eigenvalue weighted by Gasteiger charge is 2.21. The first-order valence-corrected chi connectivity index (χ1v) is 6.20. The first-order chi connectivity index (χ1) is 8.74. The van der Waals surface area contributed by atoms with Crippen molar-refractivity contribution in [3.63, 3.8) is 0 Å². The summed E-state index contributed by atoms with van der Waals surface area (Å²) >= 11 is 0. The monoisotopic (exact) mass is 248 g/mol. The fourth-order valence-electron chi connectivity index (χ4n) is 1.94. The molecule has 1 aliphatic rings. The van der Waals surface area contributed by atoms with Gasteiger partial charge in [-0.2, -0.15) is 0 Å². The summed E-state index contributed by atoms with van der Waals surface area (Å²) in [6.07, 6.45) is 3.45. The van der Waals surface area contributed by atoms with Gasteiger partial charge in [0.2, 0.25) is 0 Å². The first kappa shape index (κ1) is 11.4. The molecule has 0 aliphatic heterocycles. The average molecular weight is 248 g/mol. The zero-order valence-electron chi connectivity index (χ0n) is 9.99. The molecule has 1 aliphatic carbocycles. The van der Waals surface area contributed by atoms with Gasteiger partial charge in [-0.1, -0.05) is 6.07 Å². The molecular weight excluding hydrogens is 232 g/mol. The SMILES string of the molecule is O=c1n(CC(O)CNC2CC2)nc2ccccn12. The van der Waals surface area contributed by atoms with Gasteiger partial charge in [0.15, 0.2) is 5.65 Å². The van der Waals surface area contributed by atoms with Gasteiger partial charge in [0.05, 0.1) is 12.6 Å². The van der Waals surface area contributed by atoms with Crippen LogP contribution in [0.3, 0.4) is 0 Å². The zero-order chi connectivity index (χ0) is 12.5. The lowest BCUT2D eigenvalue weighted by atomic mass is 10.3. The number of fused-ring (bicyclic) bond motifs is 1. The van der Waals surface area contributed by atoms with Crippen LogP contribution in [0.1, 0.15) is 12.8 Å². The lowest BCUT2D eigenvalue weighted by molar-refractivity contribution is 0.145. The van der Waals surface area contributed by atoms with Crippen molar-refractivity contribution in [3.05, 3.63) is 34.9 Å². The third-order valence-corrected chi connectivity index (χ3v) is 3.09. The quantitative estimate of drug-likeness (QED) is 0.756. The molecule has 96 valence electrons. The van der Waals surface area contributed by atoms with Gasteiger partial charge >= 0.3 is 5.69 Å². The maximum absolute atomic E-state index is 11.9. The van der Waals surface area contributed by atoms with Gasteiger partial charge in [-0.25, -0.2) is 9.48 Å². The lowest BCUT2D eigenvalue weighted by Crippen LogP contribution is -2.35. The highest BCUT2D eigenvalue weighted by atomic mass is 16.3. The molecule has 0 amide bonds. The van der Waals surface area contributed by atoms with Crippen LogP contribution in [0.2, 0.25) is 0 Å². The molecule has 1 saturated carbocycles. The van der Waals surface area contributed by atoms with Gasteiger partial charge < -0.3 is 10.4 Å². The molecule has 2 aromatic heterocycles. The summed E-state index contributed by atoms with van der Waals surface area (Å²) in [5.41, 5.74) is 0.390. The van der Waals surface area contributed by atoms with Crippen molar-refractivity contribution in [1.29, 1.82) is 0 Å². The van der Waals surface area contributed by atoms with Crippen molar-refractivity contribution >= 4 is 5.65 Å². The number of rotatable bonds is 5. The summed E-state index contributed by atoms with van der Waals surface area (Å²) in [6, 6.07) is 5.94. The molecule has 0 spiro atoms. The van der Waals surface area contributed by atoms with E-state index < -0.39 is 6.10 Å². The van der Waals surface area contributed by atoms with E-state index in [0.29, 0.717) is 18.2 Å². The molecule has 1 fully saturated rings. The summed E-state index contributed by atoms with van der Waals surface area (Å²) in [6.45, 7) is 0.727. The maximum atomic E-state index is 11.9. The Morgan fingerprint density at radius 3 is 3.06 bits per heavy atom. The van der Waals surface area contributed by atoms with Crippen molar-refractivity contribution in [2.75, 3.05) is 6.54 Å². The number of nitrogens with one attached hydrogen (secondary N) is 1. The van der Waals surface area contributed by atoms with Crippen LogP contribution in [0.4, 0.5) is 0 Å². The molecule has 1 atom stereocenters. The number of aromatic nitrogens is 3. The lowest BCUT2D eigenvalue weighted by Gasteiger charge is -2.10. The fraction of sp³-hybridized carbons (Fsp3) is 0.500. The second kappa shape index (κ2) is 4.55. The summed E-state index contributed by atoms with van der Waals surface area (Å²) in [5, 5.41) is 17.3. The second-order valence-corrected chi connectivity index (χ2v) is 4.73. The topological polar surface area (TPSA) is 71.6 Å². The highest BCUT2D eigenvalue weighted by molar-refractivity contribution is 5.35. The van der Waals surface area contributed by atoms with Gasteiger partial charge in [-0.15, -0.1) is 5.10 Å².